The average molecular weight is 430 g/mol. The molecule has 4 rings (SSSR count). The minimum Gasteiger partial charge on any atom is -0.332 e. The molecule has 0 saturated carbocycles. The monoisotopic (exact) mass is 429 g/mol. The summed E-state index contributed by atoms with van der Waals surface area (Å²) in [5.41, 5.74) is 2.73. The van der Waals surface area contributed by atoms with E-state index < -0.39 is 6.04 Å². The second kappa shape index (κ2) is 9.53. The molecule has 1 N–H and O–H groups in total. The van der Waals surface area contributed by atoms with Gasteiger partial charge in [-0.1, -0.05) is 78.9 Å². The molecule has 31 heavy (non-hydrogen) atoms. The standard InChI is InChI=1S/C25H23N3O2S/c29-23(26-21-14-8-3-9-15-21)16-22-24(30)28(18-20-12-6-2-7-13-20)25(31)27(22)17-19-10-4-1-5-11-19/h1-15,22H,16-18H2,(H,26,29)/t22-/m0/s1. The third-order valence-corrected chi connectivity index (χ3v) is 5.67. The Morgan fingerprint density at radius 1 is 0.806 bits per heavy atom. The molecule has 0 unspecified atom stereocenters. The van der Waals surface area contributed by atoms with Gasteiger partial charge in [0.2, 0.25) is 5.91 Å². The zero-order valence-electron chi connectivity index (χ0n) is 17.0. The molecule has 3 aromatic rings. The van der Waals surface area contributed by atoms with Crippen LogP contribution in [0.5, 0.6) is 0 Å². The summed E-state index contributed by atoms with van der Waals surface area (Å²) >= 11 is 5.70. The minimum absolute atomic E-state index is 0.0337. The van der Waals surface area contributed by atoms with E-state index in [2.05, 4.69) is 5.32 Å². The predicted molar refractivity (Wildman–Crippen MR) is 125 cm³/mol. The van der Waals surface area contributed by atoms with Crippen LogP contribution in [0.2, 0.25) is 0 Å². The fourth-order valence-corrected chi connectivity index (χ4v) is 4.02. The molecule has 3 aromatic carbocycles. The van der Waals surface area contributed by atoms with Gasteiger partial charge in [-0.3, -0.25) is 14.5 Å². The molecular weight excluding hydrogens is 406 g/mol. The zero-order chi connectivity index (χ0) is 21.6. The number of anilines is 1. The lowest BCUT2D eigenvalue weighted by molar-refractivity contribution is -0.131. The van der Waals surface area contributed by atoms with E-state index in [1.807, 2.05) is 95.9 Å². The van der Waals surface area contributed by atoms with Gasteiger partial charge in [-0.25, -0.2) is 0 Å². The number of thiocarbonyl (C=S) groups is 1. The molecule has 1 aliphatic heterocycles. The van der Waals surface area contributed by atoms with Crippen LogP contribution in [0, 0.1) is 0 Å². The molecular formula is C25H23N3O2S. The Labute approximate surface area is 187 Å². The normalized spacial score (nSPS) is 15.9. The lowest BCUT2D eigenvalue weighted by Crippen LogP contribution is -2.37. The second-order valence-corrected chi connectivity index (χ2v) is 7.81. The fourth-order valence-electron chi connectivity index (χ4n) is 3.67. The molecule has 1 fully saturated rings. The quantitative estimate of drug-likeness (QED) is 0.572. The van der Waals surface area contributed by atoms with Gasteiger partial charge >= 0.3 is 0 Å². The van der Waals surface area contributed by atoms with E-state index in [4.69, 9.17) is 12.2 Å². The van der Waals surface area contributed by atoms with Gasteiger partial charge in [0.15, 0.2) is 5.11 Å². The van der Waals surface area contributed by atoms with Crippen LogP contribution >= 0.6 is 12.2 Å². The lowest BCUT2D eigenvalue weighted by Gasteiger charge is -2.24. The maximum absolute atomic E-state index is 13.3. The van der Waals surface area contributed by atoms with Crippen LogP contribution in [-0.4, -0.2) is 32.8 Å². The summed E-state index contributed by atoms with van der Waals surface area (Å²) in [7, 11) is 0. The minimum atomic E-state index is -0.639. The van der Waals surface area contributed by atoms with Gasteiger partial charge in [0, 0.05) is 12.2 Å². The number of hydrogen-bond donors (Lipinski definition) is 1. The van der Waals surface area contributed by atoms with E-state index in [0.29, 0.717) is 23.9 Å². The average Bonchev–Trinajstić information content (AvgIpc) is 3.00. The summed E-state index contributed by atoms with van der Waals surface area (Å²) in [4.78, 5) is 29.5. The molecule has 156 valence electrons. The third kappa shape index (κ3) is 4.98. The Bertz CT molecular complexity index is 1060. The SMILES string of the molecule is O=C(C[C@H]1C(=O)N(Cc2ccccc2)C(=S)N1Cc1ccccc1)Nc1ccccc1. The Morgan fingerprint density at radius 3 is 1.90 bits per heavy atom. The Hall–Kier alpha value is -3.51. The molecule has 1 saturated heterocycles. The van der Waals surface area contributed by atoms with Crippen molar-refractivity contribution in [3.63, 3.8) is 0 Å². The van der Waals surface area contributed by atoms with Crippen molar-refractivity contribution >= 4 is 34.8 Å². The Balaban J connectivity index is 1.55. The first-order chi connectivity index (χ1) is 15.1. The van der Waals surface area contributed by atoms with E-state index in [9.17, 15) is 9.59 Å². The topological polar surface area (TPSA) is 52.7 Å². The number of rotatable bonds is 7. The van der Waals surface area contributed by atoms with Crippen molar-refractivity contribution in [2.45, 2.75) is 25.6 Å². The number of para-hydroxylation sites is 1. The molecule has 2 amide bonds. The maximum Gasteiger partial charge on any atom is 0.252 e. The maximum atomic E-state index is 13.3. The molecule has 5 nitrogen and oxygen atoms in total. The highest BCUT2D eigenvalue weighted by Crippen LogP contribution is 2.25. The highest BCUT2D eigenvalue weighted by Gasteiger charge is 2.43. The smallest absolute Gasteiger partial charge is 0.252 e. The van der Waals surface area contributed by atoms with Crippen LogP contribution in [0.4, 0.5) is 5.69 Å². The largest absolute Gasteiger partial charge is 0.332 e. The Morgan fingerprint density at radius 2 is 1.32 bits per heavy atom. The number of carbonyl (C=O) groups is 2. The van der Waals surface area contributed by atoms with Crippen LogP contribution in [0.1, 0.15) is 17.5 Å². The summed E-state index contributed by atoms with van der Waals surface area (Å²) in [5, 5.41) is 3.33. The molecule has 0 aromatic heterocycles. The molecule has 0 radical (unpaired) electrons. The predicted octanol–water partition coefficient (Wildman–Crippen LogP) is 4.21. The van der Waals surface area contributed by atoms with Gasteiger partial charge in [-0.05, 0) is 35.5 Å². The number of nitrogens with zero attached hydrogens (tertiary/aromatic N) is 2. The number of hydrogen-bond acceptors (Lipinski definition) is 3. The van der Waals surface area contributed by atoms with Crippen molar-refractivity contribution in [3.05, 3.63) is 102 Å². The summed E-state index contributed by atoms with van der Waals surface area (Å²) < 4.78 is 0. The molecule has 0 spiro atoms. The summed E-state index contributed by atoms with van der Waals surface area (Å²) in [6, 6.07) is 28.2. The van der Waals surface area contributed by atoms with Gasteiger partial charge in [-0.15, -0.1) is 0 Å². The van der Waals surface area contributed by atoms with Gasteiger partial charge in [0.05, 0.1) is 13.0 Å². The van der Waals surface area contributed by atoms with Crippen LogP contribution in [-0.2, 0) is 22.7 Å². The van der Waals surface area contributed by atoms with Crippen LogP contribution in [0.25, 0.3) is 0 Å². The first kappa shape index (κ1) is 20.8. The molecule has 6 heteroatoms. The van der Waals surface area contributed by atoms with Crippen LogP contribution < -0.4 is 5.32 Å². The van der Waals surface area contributed by atoms with E-state index >= 15 is 0 Å². The molecule has 1 atom stereocenters. The van der Waals surface area contributed by atoms with Crippen molar-refractivity contribution in [2.75, 3.05) is 5.32 Å². The molecule has 0 aliphatic carbocycles. The number of carbonyl (C=O) groups excluding carboxylic acids is 2. The molecule has 0 bridgehead atoms. The van der Waals surface area contributed by atoms with Gasteiger partial charge in [-0.2, -0.15) is 0 Å². The van der Waals surface area contributed by atoms with Gasteiger partial charge in [0.25, 0.3) is 5.91 Å². The first-order valence-electron chi connectivity index (χ1n) is 10.2. The first-order valence-corrected chi connectivity index (χ1v) is 10.6. The van der Waals surface area contributed by atoms with Crippen LogP contribution in [0.3, 0.4) is 0 Å². The van der Waals surface area contributed by atoms with E-state index in [1.54, 1.807) is 4.90 Å². The second-order valence-electron chi connectivity index (χ2n) is 7.44. The number of amides is 2. The van der Waals surface area contributed by atoms with Crippen molar-refractivity contribution in [1.82, 2.24) is 9.80 Å². The fraction of sp³-hybridized carbons (Fsp3) is 0.160. The summed E-state index contributed by atoms with van der Waals surface area (Å²) in [5.74, 6) is -0.361. The van der Waals surface area contributed by atoms with Crippen molar-refractivity contribution in [3.8, 4) is 0 Å². The van der Waals surface area contributed by atoms with Crippen LogP contribution in [0.15, 0.2) is 91.0 Å². The van der Waals surface area contributed by atoms with E-state index in [-0.39, 0.29) is 18.2 Å². The third-order valence-electron chi connectivity index (χ3n) is 5.22. The summed E-state index contributed by atoms with van der Waals surface area (Å²) in [6.45, 7) is 0.862. The highest BCUT2D eigenvalue weighted by molar-refractivity contribution is 7.80. The van der Waals surface area contributed by atoms with E-state index in [1.165, 1.54) is 0 Å². The Kier molecular flexibility index (Phi) is 6.38. The van der Waals surface area contributed by atoms with E-state index in [0.717, 1.165) is 11.1 Å². The van der Waals surface area contributed by atoms with Crippen molar-refractivity contribution in [2.24, 2.45) is 0 Å². The van der Waals surface area contributed by atoms with Crippen molar-refractivity contribution < 1.29 is 9.59 Å². The molecule has 1 aliphatic rings. The number of nitrogens with one attached hydrogen (secondary N) is 1. The summed E-state index contributed by atoms with van der Waals surface area (Å²) in [6.07, 6.45) is 0.0337. The molecule has 1 heterocycles. The van der Waals surface area contributed by atoms with Crippen molar-refractivity contribution in [1.29, 1.82) is 0 Å². The lowest BCUT2D eigenvalue weighted by atomic mass is 10.1. The van der Waals surface area contributed by atoms with Gasteiger partial charge < -0.3 is 10.2 Å². The zero-order valence-corrected chi connectivity index (χ0v) is 17.8. The highest BCUT2D eigenvalue weighted by atomic mass is 32.1. The van der Waals surface area contributed by atoms with Gasteiger partial charge in [0.1, 0.15) is 6.04 Å². The number of benzene rings is 3.